The van der Waals surface area contributed by atoms with Gasteiger partial charge in [0.2, 0.25) is 5.95 Å². The van der Waals surface area contributed by atoms with Crippen LogP contribution in [0, 0.1) is 5.92 Å². The lowest BCUT2D eigenvalue weighted by Crippen LogP contribution is -2.36. The molecule has 0 amide bonds. The van der Waals surface area contributed by atoms with E-state index in [4.69, 9.17) is 4.74 Å². The van der Waals surface area contributed by atoms with Crippen molar-refractivity contribution in [2.24, 2.45) is 5.92 Å². The Labute approximate surface area is 131 Å². The Balaban J connectivity index is 1.47. The fourth-order valence-corrected chi connectivity index (χ4v) is 2.64. The molecule has 0 N–H and O–H groups in total. The Bertz CT molecular complexity index is 565. The zero-order valence-electron chi connectivity index (χ0n) is 13.0. The number of piperidine rings is 1. The molecule has 0 aliphatic carbocycles. The van der Waals surface area contributed by atoms with Gasteiger partial charge in [0, 0.05) is 37.9 Å². The molecule has 2 aromatic heterocycles. The molecule has 0 unspecified atom stereocenters. The zero-order chi connectivity index (χ0) is 15.2. The minimum atomic E-state index is 0.597. The van der Waals surface area contributed by atoms with Gasteiger partial charge in [0.25, 0.3) is 0 Å². The van der Waals surface area contributed by atoms with E-state index in [1.807, 2.05) is 24.5 Å². The molecule has 2 aromatic rings. The molecule has 5 nitrogen and oxygen atoms in total. The first-order valence-electron chi connectivity index (χ1n) is 7.94. The molecule has 5 heteroatoms. The van der Waals surface area contributed by atoms with Gasteiger partial charge < -0.3 is 9.64 Å². The summed E-state index contributed by atoms with van der Waals surface area (Å²) in [5, 5.41) is 0. The summed E-state index contributed by atoms with van der Waals surface area (Å²) < 4.78 is 5.83. The van der Waals surface area contributed by atoms with Gasteiger partial charge >= 0.3 is 0 Å². The van der Waals surface area contributed by atoms with Gasteiger partial charge in [-0.3, -0.25) is 4.98 Å². The van der Waals surface area contributed by atoms with Gasteiger partial charge in [0.15, 0.2) is 0 Å². The van der Waals surface area contributed by atoms with Crippen LogP contribution in [0.4, 0.5) is 5.95 Å². The van der Waals surface area contributed by atoms with Gasteiger partial charge in [0.1, 0.15) is 5.75 Å². The summed E-state index contributed by atoms with van der Waals surface area (Å²) in [6, 6.07) is 3.80. The second kappa shape index (κ2) is 7.20. The van der Waals surface area contributed by atoms with Crippen LogP contribution in [0.3, 0.4) is 0 Å². The third kappa shape index (κ3) is 3.72. The maximum atomic E-state index is 5.83. The molecule has 22 heavy (non-hydrogen) atoms. The molecule has 0 bridgehead atoms. The molecule has 1 aliphatic heterocycles. The molecule has 0 aromatic carbocycles. The first kappa shape index (κ1) is 14.8. The summed E-state index contributed by atoms with van der Waals surface area (Å²) in [5.41, 5.74) is 1.18. The summed E-state index contributed by atoms with van der Waals surface area (Å²) in [7, 11) is 0. The van der Waals surface area contributed by atoms with Crippen molar-refractivity contribution in [3.63, 3.8) is 0 Å². The molecule has 1 saturated heterocycles. The van der Waals surface area contributed by atoms with Crippen LogP contribution in [0.25, 0.3) is 0 Å². The predicted molar refractivity (Wildman–Crippen MR) is 86.1 cm³/mol. The van der Waals surface area contributed by atoms with Crippen molar-refractivity contribution in [1.82, 2.24) is 15.0 Å². The molecular weight excluding hydrogens is 276 g/mol. The summed E-state index contributed by atoms with van der Waals surface area (Å²) in [4.78, 5) is 15.2. The third-order valence-corrected chi connectivity index (χ3v) is 4.13. The summed E-state index contributed by atoms with van der Waals surface area (Å²) in [5.74, 6) is 2.35. The summed E-state index contributed by atoms with van der Waals surface area (Å²) >= 11 is 0. The lowest BCUT2D eigenvalue weighted by molar-refractivity contribution is 0.222. The standard InChI is InChI=1S/C17H22N4O/c1-2-14-11-19-17(20-12-14)21-9-5-15(6-10-21)13-22-16-3-7-18-8-4-16/h3-4,7-8,11-12,15H,2,5-6,9-10,13H2,1H3. The number of nitrogens with zero attached hydrogens (tertiary/aromatic N) is 4. The third-order valence-electron chi connectivity index (χ3n) is 4.13. The van der Waals surface area contributed by atoms with Crippen molar-refractivity contribution in [3.05, 3.63) is 42.5 Å². The van der Waals surface area contributed by atoms with Gasteiger partial charge in [0.05, 0.1) is 6.61 Å². The highest BCUT2D eigenvalue weighted by molar-refractivity contribution is 5.30. The van der Waals surface area contributed by atoms with Gasteiger partial charge in [-0.05, 0) is 42.9 Å². The van der Waals surface area contributed by atoms with Crippen LogP contribution >= 0.6 is 0 Å². The summed E-state index contributed by atoms with van der Waals surface area (Å²) in [6.45, 7) is 4.88. The van der Waals surface area contributed by atoms with E-state index in [-0.39, 0.29) is 0 Å². The Morgan fingerprint density at radius 1 is 1.14 bits per heavy atom. The number of ether oxygens (including phenoxy) is 1. The van der Waals surface area contributed by atoms with Crippen molar-refractivity contribution in [2.45, 2.75) is 26.2 Å². The highest BCUT2D eigenvalue weighted by atomic mass is 16.5. The highest BCUT2D eigenvalue weighted by Gasteiger charge is 2.21. The van der Waals surface area contributed by atoms with Crippen LogP contribution in [0.2, 0.25) is 0 Å². The number of aromatic nitrogens is 3. The SMILES string of the molecule is CCc1cnc(N2CCC(COc3ccncc3)CC2)nc1. The largest absolute Gasteiger partial charge is 0.493 e. The van der Waals surface area contributed by atoms with Gasteiger partial charge in [-0.1, -0.05) is 6.92 Å². The van der Waals surface area contributed by atoms with E-state index < -0.39 is 0 Å². The first-order chi connectivity index (χ1) is 10.8. The van der Waals surface area contributed by atoms with Crippen LogP contribution < -0.4 is 9.64 Å². The normalized spacial score (nSPS) is 15.8. The molecule has 1 fully saturated rings. The van der Waals surface area contributed by atoms with E-state index in [2.05, 4.69) is 26.8 Å². The average Bonchev–Trinajstić information content (AvgIpc) is 2.61. The number of hydrogen-bond acceptors (Lipinski definition) is 5. The smallest absolute Gasteiger partial charge is 0.225 e. The van der Waals surface area contributed by atoms with E-state index in [1.54, 1.807) is 12.4 Å². The van der Waals surface area contributed by atoms with Gasteiger partial charge in [-0.2, -0.15) is 0 Å². The number of pyridine rings is 1. The van der Waals surface area contributed by atoms with Crippen LogP contribution in [-0.4, -0.2) is 34.6 Å². The number of aryl methyl sites for hydroxylation is 1. The fourth-order valence-electron chi connectivity index (χ4n) is 2.64. The maximum Gasteiger partial charge on any atom is 0.225 e. The van der Waals surface area contributed by atoms with Gasteiger partial charge in [-0.15, -0.1) is 0 Å². The van der Waals surface area contributed by atoms with Crippen LogP contribution in [0.15, 0.2) is 36.9 Å². The fraction of sp³-hybridized carbons (Fsp3) is 0.471. The molecule has 3 heterocycles. The molecule has 1 aliphatic rings. The van der Waals surface area contributed by atoms with Crippen molar-refractivity contribution in [1.29, 1.82) is 0 Å². The predicted octanol–water partition coefficient (Wildman–Crippen LogP) is 2.73. The topological polar surface area (TPSA) is 51.1 Å². The highest BCUT2D eigenvalue weighted by Crippen LogP contribution is 2.21. The average molecular weight is 298 g/mol. The van der Waals surface area contributed by atoms with E-state index in [0.29, 0.717) is 5.92 Å². The van der Waals surface area contributed by atoms with Crippen LogP contribution in [0.5, 0.6) is 5.75 Å². The van der Waals surface area contributed by atoms with Gasteiger partial charge in [-0.25, -0.2) is 9.97 Å². The Kier molecular flexibility index (Phi) is 4.83. The number of rotatable bonds is 5. The lowest BCUT2D eigenvalue weighted by Gasteiger charge is -2.31. The van der Waals surface area contributed by atoms with Crippen molar-refractivity contribution < 1.29 is 4.74 Å². The molecule has 0 saturated carbocycles. The van der Waals surface area contributed by atoms with Crippen LogP contribution in [0.1, 0.15) is 25.3 Å². The molecule has 0 atom stereocenters. The second-order valence-electron chi connectivity index (χ2n) is 5.67. The van der Waals surface area contributed by atoms with E-state index in [1.165, 1.54) is 5.56 Å². The Hall–Kier alpha value is -2.17. The zero-order valence-corrected chi connectivity index (χ0v) is 13.0. The number of anilines is 1. The second-order valence-corrected chi connectivity index (χ2v) is 5.67. The van der Waals surface area contributed by atoms with Crippen molar-refractivity contribution in [3.8, 4) is 5.75 Å². The Morgan fingerprint density at radius 3 is 2.45 bits per heavy atom. The first-order valence-corrected chi connectivity index (χ1v) is 7.94. The van der Waals surface area contributed by atoms with E-state index in [0.717, 1.165) is 50.7 Å². The van der Waals surface area contributed by atoms with Crippen molar-refractivity contribution in [2.75, 3.05) is 24.6 Å². The molecule has 0 radical (unpaired) electrons. The number of hydrogen-bond donors (Lipinski definition) is 0. The van der Waals surface area contributed by atoms with Crippen LogP contribution in [-0.2, 0) is 6.42 Å². The monoisotopic (exact) mass is 298 g/mol. The minimum Gasteiger partial charge on any atom is -0.493 e. The summed E-state index contributed by atoms with van der Waals surface area (Å²) in [6.07, 6.45) is 10.6. The molecule has 116 valence electrons. The van der Waals surface area contributed by atoms with E-state index >= 15 is 0 Å². The van der Waals surface area contributed by atoms with E-state index in [9.17, 15) is 0 Å². The molecule has 0 spiro atoms. The Morgan fingerprint density at radius 2 is 1.82 bits per heavy atom. The quantitative estimate of drug-likeness (QED) is 0.849. The minimum absolute atomic E-state index is 0.597. The lowest BCUT2D eigenvalue weighted by atomic mass is 9.98. The molecular formula is C17H22N4O. The maximum absolute atomic E-state index is 5.83. The molecule has 3 rings (SSSR count). The van der Waals surface area contributed by atoms with Crippen molar-refractivity contribution >= 4 is 5.95 Å².